The van der Waals surface area contributed by atoms with Gasteiger partial charge in [-0.3, -0.25) is 0 Å². The van der Waals surface area contributed by atoms with Gasteiger partial charge in [-0.15, -0.1) is 0 Å². The summed E-state index contributed by atoms with van der Waals surface area (Å²) in [6, 6.07) is 10.5. The zero-order valence-electron chi connectivity index (χ0n) is 7.77. The van der Waals surface area contributed by atoms with Crippen molar-refractivity contribution in [2.24, 2.45) is 0 Å². The van der Waals surface area contributed by atoms with Gasteiger partial charge in [0, 0.05) is 0 Å². The monoisotopic (exact) mass is 212 g/mol. The molecule has 0 aliphatic carbocycles. The van der Waals surface area contributed by atoms with Crippen LogP contribution in [0.1, 0.15) is 5.56 Å². The van der Waals surface area contributed by atoms with E-state index >= 15 is 0 Å². The summed E-state index contributed by atoms with van der Waals surface area (Å²) in [5.41, 5.74) is 0.452. The SMILES string of the molecule is N#C/C(=C/c1ccccc1)C(=O)O.[K+]. The quantitative estimate of drug-likeness (QED) is 0.376. The summed E-state index contributed by atoms with van der Waals surface area (Å²) in [5, 5.41) is 17.0. The van der Waals surface area contributed by atoms with Crippen LogP contribution in [-0.4, -0.2) is 11.1 Å². The van der Waals surface area contributed by atoms with E-state index in [9.17, 15) is 4.79 Å². The fourth-order valence-electron chi connectivity index (χ4n) is 0.858. The third-order valence-corrected chi connectivity index (χ3v) is 1.46. The minimum absolute atomic E-state index is 0. The number of nitrogens with zero attached hydrogens (tertiary/aromatic N) is 1. The Morgan fingerprint density at radius 3 is 2.36 bits per heavy atom. The van der Waals surface area contributed by atoms with Crippen LogP contribution in [0, 0.1) is 11.3 Å². The number of hydrogen-bond donors (Lipinski definition) is 1. The summed E-state index contributed by atoms with van der Waals surface area (Å²) in [6.45, 7) is 0. The van der Waals surface area contributed by atoms with Gasteiger partial charge in [-0.1, -0.05) is 30.3 Å². The predicted molar refractivity (Wildman–Crippen MR) is 47.7 cm³/mol. The van der Waals surface area contributed by atoms with Crippen molar-refractivity contribution in [3.63, 3.8) is 0 Å². The maximum Gasteiger partial charge on any atom is 1.00 e. The first-order valence-electron chi connectivity index (χ1n) is 3.64. The first-order chi connectivity index (χ1) is 6.24. The van der Waals surface area contributed by atoms with Gasteiger partial charge in [-0.2, -0.15) is 5.26 Å². The van der Waals surface area contributed by atoms with Gasteiger partial charge in [0.1, 0.15) is 11.6 Å². The Bertz CT molecular complexity index is 379. The van der Waals surface area contributed by atoms with Crippen LogP contribution in [0.2, 0.25) is 0 Å². The molecule has 1 aromatic carbocycles. The van der Waals surface area contributed by atoms with Crippen LogP contribution in [0.3, 0.4) is 0 Å². The Balaban J connectivity index is 0.00000169. The topological polar surface area (TPSA) is 61.1 Å². The summed E-state index contributed by atoms with van der Waals surface area (Å²) < 4.78 is 0. The van der Waals surface area contributed by atoms with Gasteiger partial charge in [-0.05, 0) is 11.6 Å². The Labute approximate surface area is 124 Å². The second-order valence-corrected chi connectivity index (χ2v) is 2.39. The summed E-state index contributed by atoms with van der Waals surface area (Å²) in [5.74, 6) is -1.20. The largest absolute Gasteiger partial charge is 1.00 e. The molecule has 0 saturated heterocycles. The van der Waals surface area contributed by atoms with Crippen molar-refractivity contribution in [1.29, 1.82) is 5.26 Å². The van der Waals surface area contributed by atoms with Crippen LogP contribution in [0.15, 0.2) is 35.9 Å². The second kappa shape index (κ2) is 6.93. The smallest absolute Gasteiger partial charge is 0.477 e. The zero-order valence-corrected chi connectivity index (χ0v) is 10.9. The van der Waals surface area contributed by atoms with Gasteiger partial charge >= 0.3 is 57.4 Å². The third kappa shape index (κ3) is 4.18. The van der Waals surface area contributed by atoms with Crippen LogP contribution >= 0.6 is 0 Å². The molecule has 0 saturated carbocycles. The Kier molecular flexibility index (Phi) is 6.71. The Morgan fingerprint density at radius 1 is 1.36 bits per heavy atom. The number of nitriles is 1. The molecule has 0 aliphatic rings. The summed E-state index contributed by atoms with van der Waals surface area (Å²) in [4.78, 5) is 10.4. The van der Waals surface area contributed by atoms with Crippen molar-refractivity contribution in [2.45, 2.75) is 0 Å². The van der Waals surface area contributed by atoms with Crippen molar-refractivity contribution < 1.29 is 61.3 Å². The van der Waals surface area contributed by atoms with E-state index in [-0.39, 0.29) is 57.0 Å². The molecule has 0 unspecified atom stereocenters. The molecule has 0 aliphatic heterocycles. The minimum atomic E-state index is -1.20. The van der Waals surface area contributed by atoms with Crippen LogP contribution < -0.4 is 51.4 Å². The molecule has 0 bridgehead atoms. The van der Waals surface area contributed by atoms with Crippen LogP contribution in [0.5, 0.6) is 0 Å². The van der Waals surface area contributed by atoms with Crippen molar-refractivity contribution in [2.75, 3.05) is 0 Å². The molecule has 0 heterocycles. The molecule has 0 radical (unpaired) electrons. The molecule has 0 spiro atoms. The van der Waals surface area contributed by atoms with Crippen molar-refractivity contribution >= 4 is 12.0 Å². The van der Waals surface area contributed by atoms with Gasteiger partial charge in [-0.25, -0.2) is 4.79 Å². The zero-order chi connectivity index (χ0) is 9.68. The summed E-state index contributed by atoms with van der Waals surface area (Å²) in [7, 11) is 0. The molecule has 64 valence electrons. The number of hydrogen-bond acceptors (Lipinski definition) is 2. The number of carboxylic acids is 1. The van der Waals surface area contributed by atoms with E-state index in [2.05, 4.69) is 0 Å². The maximum atomic E-state index is 10.4. The molecule has 1 aromatic rings. The van der Waals surface area contributed by atoms with Crippen molar-refractivity contribution in [3.05, 3.63) is 41.5 Å². The number of carboxylic acid groups (broad SMARTS) is 1. The molecule has 0 aromatic heterocycles. The van der Waals surface area contributed by atoms with Crippen LogP contribution in [-0.2, 0) is 4.79 Å². The van der Waals surface area contributed by atoms with Crippen LogP contribution in [0.25, 0.3) is 6.08 Å². The number of benzene rings is 1. The molecule has 0 atom stereocenters. The average molecular weight is 212 g/mol. The first-order valence-corrected chi connectivity index (χ1v) is 3.64. The normalized spacial score (nSPS) is 9.79. The molecule has 3 nitrogen and oxygen atoms in total. The number of aliphatic carboxylic acids is 1. The molecule has 0 amide bonds. The van der Waals surface area contributed by atoms with E-state index in [0.717, 1.165) is 0 Å². The fourth-order valence-corrected chi connectivity index (χ4v) is 0.858. The predicted octanol–water partition coefficient (Wildman–Crippen LogP) is -1.32. The summed E-state index contributed by atoms with van der Waals surface area (Å²) in [6.07, 6.45) is 1.34. The summed E-state index contributed by atoms with van der Waals surface area (Å²) >= 11 is 0. The standard InChI is InChI=1S/C10H7NO2.K/c11-7-9(10(12)13)6-8-4-2-1-3-5-8;/h1-6H,(H,12,13);/q;+1/b9-6-;. The molecule has 0 fully saturated rings. The van der Waals surface area contributed by atoms with Gasteiger partial charge in [0.2, 0.25) is 0 Å². The van der Waals surface area contributed by atoms with Gasteiger partial charge in [0.25, 0.3) is 0 Å². The van der Waals surface area contributed by atoms with Gasteiger partial charge in [0.05, 0.1) is 0 Å². The van der Waals surface area contributed by atoms with Crippen molar-refractivity contribution in [1.82, 2.24) is 0 Å². The molecule has 4 heteroatoms. The van der Waals surface area contributed by atoms with Gasteiger partial charge < -0.3 is 5.11 Å². The molecule has 14 heavy (non-hydrogen) atoms. The number of carbonyl (C=O) groups is 1. The van der Waals surface area contributed by atoms with Crippen molar-refractivity contribution in [3.8, 4) is 6.07 Å². The first kappa shape index (κ1) is 13.6. The van der Waals surface area contributed by atoms with Gasteiger partial charge in [0.15, 0.2) is 0 Å². The molecular formula is C10H7KNO2+. The molecule has 1 N–H and O–H groups in total. The van der Waals surface area contributed by atoms with E-state index in [4.69, 9.17) is 10.4 Å². The Hall–Kier alpha value is -0.444. The average Bonchev–Trinajstić information content (AvgIpc) is 2.15. The third-order valence-electron chi connectivity index (χ3n) is 1.46. The molecular weight excluding hydrogens is 205 g/mol. The van der Waals surface area contributed by atoms with E-state index in [1.54, 1.807) is 30.3 Å². The van der Waals surface area contributed by atoms with Crippen LogP contribution in [0.4, 0.5) is 0 Å². The van der Waals surface area contributed by atoms with E-state index in [1.165, 1.54) is 6.08 Å². The second-order valence-electron chi connectivity index (χ2n) is 2.39. The van der Waals surface area contributed by atoms with E-state index in [1.807, 2.05) is 6.07 Å². The van der Waals surface area contributed by atoms with E-state index < -0.39 is 5.97 Å². The minimum Gasteiger partial charge on any atom is -0.477 e. The Morgan fingerprint density at radius 2 is 1.93 bits per heavy atom. The number of rotatable bonds is 2. The molecule has 1 rings (SSSR count). The maximum absolute atomic E-state index is 10.4. The van der Waals surface area contributed by atoms with E-state index in [0.29, 0.717) is 5.56 Å². The fraction of sp³-hybridized carbons (Fsp3) is 0.